The average molecular weight is 524 g/mol. The van der Waals surface area contributed by atoms with Crippen LogP contribution in [-0.2, 0) is 14.3 Å². The number of piperidine rings is 1. The van der Waals surface area contributed by atoms with Crippen LogP contribution in [0.2, 0.25) is 0 Å². The van der Waals surface area contributed by atoms with E-state index in [0.717, 1.165) is 43.5 Å². The predicted molar refractivity (Wildman–Crippen MR) is 141 cm³/mol. The molecule has 1 atom stereocenters. The van der Waals surface area contributed by atoms with Gasteiger partial charge in [0.25, 0.3) is 17.7 Å². The van der Waals surface area contributed by atoms with Crippen LogP contribution in [-0.4, -0.2) is 47.8 Å². The van der Waals surface area contributed by atoms with Crippen LogP contribution >= 0.6 is 11.6 Å². The summed E-state index contributed by atoms with van der Waals surface area (Å²) in [5.41, 5.74) is 1.63. The zero-order valence-electron chi connectivity index (χ0n) is 21.0. The highest BCUT2D eigenvalue weighted by atomic mass is 35.5. The Kier molecular flexibility index (Phi) is 8.28. The molecule has 0 aliphatic carbocycles. The maximum absolute atomic E-state index is 13.1. The summed E-state index contributed by atoms with van der Waals surface area (Å²) >= 11 is 6.24. The Hall–Kier alpha value is -3.65. The lowest BCUT2D eigenvalue weighted by atomic mass is 10.0. The molecule has 1 saturated heterocycles. The van der Waals surface area contributed by atoms with E-state index < -0.39 is 17.8 Å². The highest BCUT2D eigenvalue weighted by Gasteiger charge is 2.39. The second-order valence-electron chi connectivity index (χ2n) is 9.22. The number of hydrogen-bond donors (Lipinski definition) is 1. The minimum Gasteiger partial charge on any atom is -0.462 e. The highest BCUT2D eigenvalue weighted by Crippen LogP contribution is 2.30. The van der Waals surface area contributed by atoms with Gasteiger partial charge in [0, 0.05) is 23.8 Å². The number of likely N-dealkylation sites (tertiary alicyclic amines) is 1. The zero-order valence-corrected chi connectivity index (χ0v) is 21.7. The quantitative estimate of drug-likeness (QED) is 0.294. The van der Waals surface area contributed by atoms with Crippen LogP contribution < -0.4 is 10.2 Å². The number of amides is 3. The number of nitrogens with one attached hydrogen (secondary N) is 1. The molecular formula is C28H30ClN3O5. The first-order chi connectivity index (χ1) is 17.8. The van der Waals surface area contributed by atoms with E-state index >= 15 is 0 Å². The van der Waals surface area contributed by atoms with Crippen molar-refractivity contribution in [3.05, 3.63) is 70.4 Å². The van der Waals surface area contributed by atoms with E-state index in [1.165, 1.54) is 24.3 Å². The fraction of sp³-hybridized carbons (Fsp3) is 0.357. The van der Waals surface area contributed by atoms with Crippen molar-refractivity contribution >= 4 is 46.7 Å². The van der Waals surface area contributed by atoms with Crippen molar-refractivity contribution in [3.63, 3.8) is 0 Å². The molecule has 2 aliphatic heterocycles. The minimum atomic E-state index is -0.668. The number of carbonyl (C=O) groups is 4. The summed E-state index contributed by atoms with van der Waals surface area (Å²) in [6.07, 6.45) is 4.81. The maximum Gasteiger partial charge on any atom is 0.338 e. The number of imide groups is 1. The van der Waals surface area contributed by atoms with Crippen molar-refractivity contribution in [2.24, 2.45) is 0 Å². The van der Waals surface area contributed by atoms with Gasteiger partial charge in [0.1, 0.15) is 10.7 Å². The fourth-order valence-electron chi connectivity index (χ4n) is 4.39. The van der Waals surface area contributed by atoms with Crippen LogP contribution in [0.5, 0.6) is 0 Å². The molecular weight excluding hydrogens is 494 g/mol. The van der Waals surface area contributed by atoms with Gasteiger partial charge in [-0.15, -0.1) is 0 Å². The lowest BCUT2D eigenvalue weighted by Gasteiger charge is -2.33. The van der Waals surface area contributed by atoms with E-state index in [9.17, 15) is 19.2 Å². The van der Waals surface area contributed by atoms with Crippen molar-refractivity contribution in [3.8, 4) is 0 Å². The summed E-state index contributed by atoms with van der Waals surface area (Å²) < 4.78 is 5.19. The summed E-state index contributed by atoms with van der Waals surface area (Å²) in [6, 6.07) is 13.0. The SMILES string of the molecule is CCCCOC(=O)c1ccc(N2C(=O)C(Cl)=C(Nc3ccc(C(=O)N4CCCCC4C)cc3)C2=O)cc1. The number of hydrogen-bond acceptors (Lipinski definition) is 6. The summed E-state index contributed by atoms with van der Waals surface area (Å²) in [4.78, 5) is 53.7. The third-order valence-corrected chi connectivity index (χ3v) is 6.94. The molecule has 2 aliphatic rings. The van der Waals surface area contributed by atoms with Crippen molar-refractivity contribution in [1.82, 2.24) is 4.90 Å². The molecule has 3 amide bonds. The topological polar surface area (TPSA) is 96.0 Å². The summed E-state index contributed by atoms with van der Waals surface area (Å²) in [7, 11) is 0. The Morgan fingerprint density at radius 2 is 1.68 bits per heavy atom. The number of anilines is 2. The first-order valence-corrected chi connectivity index (χ1v) is 12.9. The zero-order chi connectivity index (χ0) is 26.5. The molecule has 0 spiro atoms. The largest absolute Gasteiger partial charge is 0.462 e. The summed E-state index contributed by atoms with van der Waals surface area (Å²) in [6.45, 7) is 5.14. The Morgan fingerprint density at radius 1 is 1.00 bits per heavy atom. The molecule has 4 rings (SSSR count). The standard InChI is InChI=1S/C28H30ClN3O5/c1-3-4-17-37-28(36)20-10-14-22(15-11-20)32-26(34)23(29)24(27(32)35)30-21-12-8-19(9-13-21)25(33)31-16-6-5-7-18(31)2/h8-15,18,30H,3-7,16-17H2,1-2H3. The van der Waals surface area contributed by atoms with E-state index in [2.05, 4.69) is 12.2 Å². The van der Waals surface area contributed by atoms with Crippen LogP contribution in [0.3, 0.4) is 0 Å². The molecule has 2 heterocycles. The summed E-state index contributed by atoms with van der Waals surface area (Å²) in [5.74, 6) is -1.77. The van der Waals surface area contributed by atoms with Crippen molar-refractivity contribution in [2.75, 3.05) is 23.4 Å². The summed E-state index contributed by atoms with van der Waals surface area (Å²) in [5, 5.41) is 2.68. The van der Waals surface area contributed by atoms with Gasteiger partial charge < -0.3 is 15.0 Å². The molecule has 2 aromatic carbocycles. The van der Waals surface area contributed by atoms with Crippen LogP contribution in [0.4, 0.5) is 11.4 Å². The molecule has 194 valence electrons. The smallest absolute Gasteiger partial charge is 0.338 e. The van der Waals surface area contributed by atoms with Crippen LogP contribution in [0, 0.1) is 0 Å². The maximum atomic E-state index is 13.1. The Morgan fingerprint density at radius 3 is 2.32 bits per heavy atom. The fourth-order valence-corrected chi connectivity index (χ4v) is 4.60. The molecule has 8 nitrogen and oxygen atoms in total. The molecule has 0 bridgehead atoms. The third kappa shape index (κ3) is 5.69. The van der Waals surface area contributed by atoms with E-state index in [-0.39, 0.29) is 28.4 Å². The van der Waals surface area contributed by atoms with Crippen molar-refractivity contribution in [2.45, 2.75) is 52.0 Å². The molecule has 9 heteroatoms. The number of unbranched alkanes of at least 4 members (excludes halogenated alkanes) is 1. The molecule has 1 N–H and O–H groups in total. The molecule has 0 saturated carbocycles. The second kappa shape index (κ2) is 11.6. The first kappa shape index (κ1) is 26.4. The highest BCUT2D eigenvalue weighted by molar-refractivity contribution is 6.53. The second-order valence-corrected chi connectivity index (χ2v) is 9.59. The van der Waals surface area contributed by atoms with Gasteiger partial charge in [0.15, 0.2) is 0 Å². The van der Waals surface area contributed by atoms with E-state index in [4.69, 9.17) is 16.3 Å². The lowest BCUT2D eigenvalue weighted by Crippen LogP contribution is -2.42. The van der Waals surface area contributed by atoms with Crippen LogP contribution in [0.15, 0.2) is 59.3 Å². The normalized spacial score (nSPS) is 17.9. The minimum absolute atomic E-state index is 0.0213. The van der Waals surface area contributed by atoms with Crippen molar-refractivity contribution in [1.29, 1.82) is 0 Å². The van der Waals surface area contributed by atoms with Gasteiger partial charge in [-0.1, -0.05) is 24.9 Å². The number of carbonyl (C=O) groups excluding carboxylic acids is 4. The first-order valence-electron chi connectivity index (χ1n) is 12.6. The molecule has 0 radical (unpaired) electrons. The molecule has 37 heavy (non-hydrogen) atoms. The molecule has 1 unspecified atom stereocenters. The Balaban J connectivity index is 1.43. The number of benzene rings is 2. The predicted octanol–water partition coefficient (Wildman–Crippen LogP) is 5.09. The lowest BCUT2D eigenvalue weighted by molar-refractivity contribution is -0.120. The van der Waals surface area contributed by atoms with Gasteiger partial charge in [0.2, 0.25) is 0 Å². The third-order valence-electron chi connectivity index (χ3n) is 6.58. The van der Waals surface area contributed by atoms with Crippen LogP contribution in [0.25, 0.3) is 0 Å². The van der Waals surface area contributed by atoms with Gasteiger partial charge in [-0.05, 0) is 81.1 Å². The monoisotopic (exact) mass is 523 g/mol. The average Bonchev–Trinajstić information content (AvgIpc) is 3.12. The number of ether oxygens (including phenoxy) is 1. The Bertz CT molecular complexity index is 1220. The number of esters is 1. The molecule has 0 aromatic heterocycles. The van der Waals surface area contributed by atoms with Gasteiger partial charge in [0.05, 0.1) is 17.9 Å². The number of nitrogens with zero attached hydrogens (tertiary/aromatic N) is 2. The van der Waals surface area contributed by atoms with Crippen molar-refractivity contribution < 1.29 is 23.9 Å². The molecule has 2 aromatic rings. The van der Waals surface area contributed by atoms with Gasteiger partial charge in [-0.25, -0.2) is 9.69 Å². The van der Waals surface area contributed by atoms with Gasteiger partial charge >= 0.3 is 5.97 Å². The van der Waals surface area contributed by atoms with Crippen LogP contribution in [0.1, 0.15) is 66.7 Å². The molecule has 1 fully saturated rings. The van der Waals surface area contributed by atoms with Gasteiger partial charge in [-0.2, -0.15) is 0 Å². The number of halogens is 1. The Labute approximate surface area is 221 Å². The van der Waals surface area contributed by atoms with E-state index in [1.807, 2.05) is 11.8 Å². The van der Waals surface area contributed by atoms with Gasteiger partial charge in [-0.3, -0.25) is 14.4 Å². The number of rotatable bonds is 8. The van der Waals surface area contributed by atoms with E-state index in [0.29, 0.717) is 23.4 Å². The van der Waals surface area contributed by atoms with E-state index in [1.54, 1.807) is 24.3 Å².